The molecule has 0 saturated heterocycles. The first-order valence-electron chi connectivity index (χ1n) is 1.95. The third kappa shape index (κ3) is 5.57. The standard InChI is InChI=1S/C6H8S/c1-3-5-6-7-4-2/h3-6H,1-2H2/b6-5+. The minimum absolute atomic E-state index is 1.54. The molecule has 0 radical (unpaired) electrons. The Labute approximate surface area is 48.6 Å². The molecule has 1 heteroatoms. The van der Waals surface area contributed by atoms with Gasteiger partial charge in [-0.15, -0.1) is 11.8 Å². The van der Waals surface area contributed by atoms with Crippen molar-refractivity contribution in [1.29, 1.82) is 0 Å². The molecule has 0 saturated carbocycles. The lowest BCUT2D eigenvalue weighted by molar-refractivity contribution is 2.12. The van der Waals surface area contributed by atoms with E-state index in [0.717, 1.165) is 0 Å². The predicted molar refractivity (Wildman–Crippen MR) is 37.1 cm³/mol. The van der Waals surface area contributed by atoms with Crippen molar-refractivity contribution in [2.75, 3.05) is 0 Å². The summed E-state index contributed by atoms with van der Waals surface area (Å²) in [6, 6.07) is 0. The Balaban J connectivity index is 3.08. The molecule has 0 aliphatic heterocycles. The molecule has 0 aromatic carbocycles. The molecular formula is C6H8S. The highest BCUT2D eigenvalue weighted by Gasteiger charge is 1.59. The van der Waals surface area contributed by atoms with Gasteiger partial charge in [-0.05, 0) is 10.8 Å². The average Bonchev–Trinajstić information content (AvgIpc) is 1.69. The second-order valence-corrected chi connectivity index (χ2v) is 1.74. The lowest BCUT2D eigenvalue weighted by atomic mass is 10.6. The summed E-state index contributed by atoms with van der Waals surface area (Å²) in [5.41, 5.74) is 0. The monoisotopic (exact) mass is 112 g/mol. The largest absolute Gasteiger partial charge is 0.107 e. The number of hydrogen-bond acceptors (Lipinski definition) is 1. The Morgan fingerprint density at radius 1 is 1.29 bits per heavy atom. The molecule has 0 aromatic heterocycles. The van der Waals surface area contributed by atoms with Gasteiger partial charge in [-0.1, -0.05) is 25.3 Å². The molecule has 0 aromatic rings. The van der Waals surface area contributed by atoms with E-state index in [9.17, 15) is 0 Å². The third-order valence-corrected chi connectivity index (χ3v) is 0.896. The lowest BCUT2D eigenvalue weighted by Crippen LogP contribution is -1.38. The molecule has 0 rings (SSSR count). The quantitative estimate of drug-likeness (QED) is 0.505. The summed E-state index contributed by atoms with van der Waals surface area (Å²) in [6.45, 7) is 7.01. The summed E-state index contributed by atoms with van der Waals surface area (Å²) in [5.74, 6) is 0. The molecule has 38 valence electrons. The van der Waals surface area contributed by atoms with Gasteiger partial charge in [0.1, 0.15) is 0 Å². The molecule has 0 unspecified atom stereocenters. The minimum atomic E-state index is 1.54. The fourth-order valence-electron chi connectivity index (χ4n) is 0.156. The van der Waals surface area contributed by atoms with Crippen molar-refractivity contribution in [1.82, 2.24) is 0 Å². The zero-order valence-electron chi connectivity index (χ0n) is 4.13. The van der Waals surface area contributed by atoms with E-state index in [2.05, 4.69) is 13.2 Å². The van der Waals surface area contributed by atoms with Crippen LogP contribution in [0, 0.1) is 0 Å². The number of allylic oxidation sites excluding steroid dienone is 2. The first-order chi connectivity index (χ1) is 3.41. The first-order valence-corrected chi connectivity index (χ1v) is 2.90. The summed E-state index contributed by atoms with van der Waals surface area (Å²) in [7, 11) is 0. The maximum Gasteiger partial charge on any atom is -0.0249 e. The van der Waals surface area contributed by atoms with E-state index in [4.69, 9.17) is 0 Å². The van der Waals surface area contributed by atoms with Gasteiger partial charge in [-0.25, -0.2) is 0 Å². The summed E-state index contributed by atoms with van der Waals surface area (Å²) in [5, 5.41) is 3.68. The molecule has 0 fully saturated rings. The summed E-state index contributed by atoms with van der Waals surface area (Å²) >= 11 is 1.54. The van der Waals surface area contributed by atoms with Crippen molar-refractivity contribution in [3.63, 3.8) is 0 Å². The number of rotatable bonds is 3. The Kier molecular flexibility index (Phi) is 5.23. The van der Waals surface area contributed by atoms with Crippen molar-refractivity contribution in [2.24, 2.45) is 0 Å². The highest BCUT2D eigenvalue weighted by atomic mass is 32.2. The second-order valence-electron chi connectivity index (χ2n) is 0.867. The van der Waals surface area contributed by atoms with Crippen LogP contribution in [0.3, 0.4) is 0 Å². The zero-order valence-corrected chi connectivity index (χ0v) is 4.95. The molecule has 0 aliphatic rings. The third-order valence-electron chi connectivity index (χ3n) is 0.389. The van der Waals surface area contributed by atoms with E-state index in [0.29, 0.717) is 0 Å². The van der Waals surface area contributed by atoms with Crippen LogP contribution in [-0.4, -0.2) is 0 Å². The van der Waals surface area contributed by atoms with Gasteiger partial charge in [0, 0.05) is 0 Å². The van der Waals surface area contributed by atoms with Crippen LogP contribution in [0.1, 0.15) is 0 Å². The molecule has 0 spiro atoms. The van der Waals surface area contributed by atoms with Crippen molar-refractivity contribution in [3.8, 4) is 0 Å². The average molecular weight is 112 g/mol. The highest BCUT2D eigenvalue weighted by molar-refractivity contribution is 8.04. The van der Waals surface area contributed by atoms with Gasteiger partial charge >= 0.3 is 0 Å². The normalized spacial score (nSPS) is 9.14. The van der Waals surface area contributed by atoms with Crippen LogP contribution >= 0.6 is 11.8 Å². The van der Waals surface area contributed by atoms with Crippen molar-refractivity contribution in [3.05, 3.63) is 36.1 Å². The number of hydrogen-bond donors (Lipinski definition) is 0. The molecule has 0 bridgehead atoms. The van der Waals surface area contributed by atoms with Crippen molar-refractivity contribution < 1.29 is 0 Å². The fraction of sp³-hybridized carbons (Fsp3) is 0. The first kappa shape index (κ1) is 6.57. The number of thioether (sulfide) groups is 1. The van der Waals surface area contributed by atoms with Crippen LogP contribution in [0.2, 0.25) is 0 Å². The van der Waals surface area contributed by atoms with Crippen molar-refractivity contribution >= 4 is 11.8 Å². The summed E-state index contributed by atoms with van der Waals surface area (Å²) < 4.78 is 0. The van der Waals surface area contributed by atoms with Crippen LogP contribution in [0.5, 0.6) is 0 Å². The van der Waals surface area contributed by atoms with Crippen LogP contribution < -0.4 is 0 Å². The molecular weight excluding hydrogens is 104 g/mol. The zero-order chi connectivity index (χ0) is 5.54. The van der Waals surface area contributed by atoms with Gasteiger partial charge in [0.25, 0.3) is 0 Å². The van der Waals surface area contributed by atoms with E-state index in [1.807, 2.05) is 11.5 Å². The van der Waals surface area contributed by atoms with E-state index >= 15 is 0 Å². The molecule has 7 heavy (non-hydrogen) atoms. The molecule has 0 atom stereocenters. The van der Waals surface area contributed by atoms with E-state index in [1.165, 1.54) is 0 Å². The molecule has 0 aliphatic carbocycles. The summed E-state index contributed by atoms with van der Waals surface area (Å²) in [6.07, 6.45) is 3.60. The minimum Gasteiger partial charge on any atom is -0.107 e. The van der Waals surface area contributed by atoms with Crippen LogP contribution in [0.25, 0.3) is 0 Å². The fourth-order valence-corrected chi connectivity index (χ4v) is 0.469. The van der Waals surface area contributed by atoms with Gasteiger partial charge in [0.05, 0.1) is 0 Å². The maximum absolute atomic E-state index is 3.51. The lowest BCUT2D eigenvalue weighted by Gasteiger charge is -1.71. The van der Waals surface area contributed by atoms with E-state index in [1.54, 1.807) is 23.2 Å². The van der Waals surface area contributed by atoms with Gasteiger partial charge in [-0.3, -0.25) is 0 Å². The second kappa shape index (κ2) is 5.57. The Bertz CT molecular complexity index is 82.2. The maximum atomic E-state index is 3.51. The van der Waals surface area contributed by atoms with E-state index in [-0.39, 0.29) is 0 Å². The van der Waals surface area contributed by atoms with Crippen LogP contribution in [0.15, 0.2) is 36.1 Å². The van der Waals surface area contributed by atoms with Gasteiger partial charge in [0.15, 0.2) is 0 Å². The molecule has 0 amide bonds. The van der Waals surface area contributed by atoms with Crippen molar-refractivity contribution in [2.45, 2.75) is 0 Å². The van der Waals surface area contributed by atoms with Crippen LogP contribution in [-0.2, 0) is 0 Å². The smallest absolute Gasteiger partial charge is 0.0249 e. The molecule has 0 heterocycles. The van der Waals surface area contributed by atoms with Crippen LogP contribution in [0.4, 0.5) is 0 Å². The van der Waals surface area contributed by atoms with E-state index < -0.39 is 0 Å². The molecule has 0 nitrogen and oxygen atoms in total. The molecule has 0 N–H and O–H groups in total. The van der Waals surface area contributed by atoms with Gasteiger partial charge in [0.2, 0.25) is 0 Å². The van der Waals surface area contributed by atoms with Gasteiger partial charge in [-0.2, -0.15) is 0 Å². The summed E-state index contributed by atoms with van der Waals surface area (Å²) in [4.78, 5) is 0. The highest BCUT2D eigenvalue weighted by Crippen LogP contribution is 1.99. The SMILES string of the molecule is C=C/C=C/SC=C. The Morgan fingerprint density at radius 3 is 2.43 bits per heavy atom. The van der Waals surface area contributed by atoms with Gasteiger partial charge < -0.3 is 0 Å². The predicted octanol–water partition coefficient (Wildman–Crippen LogP) is 2.56. The topological polar surface area (TPSA) is 0 Å². The Hall–Kier alpha value is -0.430. The Morgan fingerprint density at radius 2 is 2.00 bits per heavy atom.